The molecule has 1 aliphatic heterocycles. The van der Waals surface area contributed by atoms with Gasteiger partial charge in [-0.05, 0) is 12.1 Å². The molecule has 3 rings (SSSR count). The van der Waals surface area contributed by atoms with E-state index in [1.54, 1.807) is 18.2 Å². The summed E-state index contributed by atoms with van der Waals surface area (Å²) < 4.78 is 5.28. The third kappa shape index (κ3) is 2.77. The summed E-state index contributed by atoms with van der Waals surface area (Å²) in [6.45, 7) is 2.46. The fraction of sp³-hybridized carbons (Fsp3) is 0.286. The van der Waals surface area contributed by atoms with Crippen LogP contribution >= 0.6 is 23.2 Å². The number of hydrogen-bond donors (Lipinski definition) is 2. The Labute approximate surface area is 136 Å². The number of ether oxygens (including phenoxy) is 1. The molecular formula is C14H14Cl2N4O2. The SMILES string of the molecule is Nc1nc(N2CCOCC2)[nH]c(=O)c1-c1c(Cl)cccc1Cl. The Balaban J connectivity index is 2.09. The number of halogens is 2. The molecule has 0 aliphatic carbocycles. The quantitative estimate of drug-likeness (QED) is 0.875. The van der Waals surface area contributed by atoms with Gasteiger partial charge in [0.2, 0.25) is 5.95 Å². The van der Waals surface area contributed by atoms with Gasteiger partial charge in [-0.15, -0.1) is 0 Å². The van der Waals surface area contributed by atoms with Gasteiger partial charge in [0.25, 0.3) is 5.56 Å². The zero-order chi connectivity index (χ0) is 15.7. The van der Waals surface area contributed by atoms with E-state index in [2.05, 4.69) is 9.97 Å². The molecule has 2 aromatic rings. The number of aromatic amines is 1. The number of aromatic nitrogens is 2. The molecule has 1 saturated heterocycles. The highest BCUT2D eigenvalue weighted by Crippen LogP contribution is 2.35. The van der Waals surface area contributed by atoms with Crippen LogP contribution in [0.2, 0.25) is 10.0 Å². The van der Waals surface area contributed by atoms with Crippen LogP contribution in [-0.2, 0) is 4.74 Å². The summed E-state index contributed by atoms with van der Waals surface area (Å²) in [5.74, 6) is 0.526. The molecule has 1 aliphatic rings. The van der Waals surface area contributed by atoms with E-state index in [-0.39, 0.29) is 16.9 Å². The summed E-state index contributed by atoms with van der Waals surface area (Å²) in [5, 5.41) is 0.705. The van der Waals surface area contributed by atoms with Gasteiger partial charge in [0.05, 0.1) is 28.8 Å². The zero-order valence-electron chi connectivity index (χ0n) is 11.6. The normalized spacial score (nSPS) is 15.1. The number of hydrogen-bond acceptors (Lipinski definition) is 5. The van der Waals surface area contributed by atoms with Crippen LogP contribution in [0, 0.1) is 0 Å². The number of nitrogens with two attached hydrogens (primary N) is 1. The van der Waals surface area contributed by atoms with Crippen molar-refractivity contribution in [1.82, 2.24) is 9.97 Å². The molecule has 6 nitrogen and oxygen atoms in total. The van der Waals surface area contributed by atoms with Gasteiger partial charge in [-0.3, -0.25) is 9.78 Å². The molecule has 1 aromatic heterocycles. The highest BCUT2D eigenvalue weighted by molar-refractivity contribution is 6.39. The molecule has 2 heterocycles. The number of nitrogens with one attached hydrogen (secondary N) is 1. The summed E-state index contributed by atoms with van der Waals surface area (Å²) in [7, 11) is 0. The predicted octanol–water partition coefficient (Wildman–Crippen LogP) is 2.16. The van der Waals surface area contributed by atoms with Crippen LogP contribution in [0.5, 0.6) is 0 Å². The highest BCUT2D eigenvalue weighted by atomic mass is 35.5. The predicted molar refractivity (Wildman–Crippen MR) is 87.8 cm³/mol. The summed E-state index contributed by atoms with van der Waals surface area (Å²) in [5.41, 5.74) is 6.20. The van der Waals surface area contributed by atoms with Gasteiger partial charge in [-0.25, -0.2) is 0 Å². The van der Waals surface area contributed by atoms with E-state index in [1.165, 1.54) is 0 Å². The number of morpholine rings is 1. The average Bonchev–Trinajstić information content (AvgIpc) is 2.50. The third-order valence-corrected chi connectivity index (χ3v) is 4.09. The molecular weight excluding hydrogens is 327 g/mol. The Hall–Kier alpha value is -1.76. The first-order valence-electron chi connectivity index (χ1n) is 6.75. The Kier molecular flexibility index (Phi) is 4.24. The second-order valence-electron chi connectivity index (χ2n) is 4.85. The number of nitrogen functional groups attached to an aromatic ring is 1. The molecule has 3 N–H and O–H groups in total. The number of rotatable bonds is 2. The maximum Gasteiger partial charge on any atom is 0.262 e. The minimum absolute atomic E-state index is 0.0974. The lowest BCUT2D eigenvalue weighted by molar-refractivity contribution is 0.122. The number of H-pyrrole nitrogens is 1. The molecule has 0 radical (unpaired) electrons. The van der Waals surface area contributed by atoms with Crippen molar-refractivity contribution < 1.29 is 4.74 Å². The number of nitrogens with zero attached hydrogens (tertiary/aromatic N) is 2. The van der Waals surface area contributed by atoms with Crippen molar-refractivity contribution in [2.45, 2.75) is 0 Å². The molecule has 0 bridgehead atoms. The second-order valence-corrected chi connectivity index (χ2v) is 5.66. The van der Waals surface area contributed by atoms with Crippen LogP contribution in [-0.4, -0.2) is 36.3 Å². The lowest BCUT2D eigenvalue weighted by atomic mass is 10.1. The van der Waals surface area contributed by atoms with Crippen molar-refractivity contribution in [1.29, 1.82) is 0 Å². The average molecular weight is 341 g/mol. The number of benzene rings is 1. The molecule has 1 fully saturated rings. The van der Waals surface area contributed by atoms with Crippen molar-refractivity contribution in [2.24, 2.45) is 0 Å². The monoisotopic (exact) mass is 340 g/mol. The van der Waals surface area contributed by atoms with Crippen molar-refractivity contribution in [2.75, 3.05) is 36.9 Å². The highest BCUT2D eigenvalue weighted by Gasteiger charge is 2.20. The minimum atomic E-state index is -0.371. The Morgan fingerprint density at radius 1 is 1.18 bits per heavy atom. The van der Waals surface area contributed by atoms with Crippen molar-refractivity contribution in [3.8, 4) is 11.1 Å². The molecule has 0 amide bonds. The summed E-state index contributed by atoms with van der Waals surface area (Å²) in [6.07, 6.45) is 0. The molecule has 1 aromatic carbocycles. The maximum atomic E-state index is 12.5. The molecule has 0 atom stereocenters. The van der Waals surface area contributed by atoms with Crippen LogP contribution < -0.4 is 16.2 Å². The van der Waals surface area contributed by atoms with E-state index < -0.39 is 0 Å². The Bertz CT molecular complexity index is 737. The standard InChI is InChI=1S/C14H14Cl2N4O2/c15-8-2-1-3-9(16)10(8)11-12(17)18-14(19-13(11)21)20-4-6-22-7-5-20/h1-3H,4-7H2,(H3,17,18,19,21). The van der Waals surface area contributed by atoms with Crippen LogP contribution in [0.1, 0.15) is 0 Å². The van der Waals surface area contributed by atoms with Crippen molar-refractivity contribution in [3.63, 3.8) is 0 Å². The first-order chi connectivity index (χ1) is 10.6. The van der Waals surface area contributed by atoms with E-state index in [4.69, 9.17) is 33.7 Å². The molecule has 0 unspecified atom stereocenters. The van der Waals surface area contributed by atoms with Gasteiger partial charge in [0.1, 0.15) is 5.82 Å². The molecule has 0 spiro atoms. The van der Waals surface area contributed by atoms with Gasteiger partial charge in [0.15, 0.2) is 0 Å². The van der Waals surface area contributed by atoms with Crippen molar-refractivity contribution >= 4 is 35.0 Å². The van der Waals surface area contributed by atoms with E-state index >= 15 is 0 Å². The van der Waals surface area contributed by atoms with E-state index in [9.17, 15) is 4.79 Å². The van der Waals surface area contributed by atoms with Crippen LogP contribution in [0.4, 0.5) is 11.8 Å². The van der Waals surface area contributed by atoms with Crippen LogP contribution in [0.15, 0.2) is 23.0 Å². The van der Waals surface area contributed by atoms with Crippen LogP contribution in [0.3, 0.4) is 0 Å². The third-order valence-electron chi connectivity index (χ3n) is 3.46. The van der Waals surface area contributed by atoms with E-state index in [0.29, 0.717) is 47.9 Å². The maximum absolute atomic E-state index is 12.5. The lowest BCUT2D eigenvalue weighted by Crippen LogP contribution is -2.38. The summed E-state index contributed by atoms with van der Waals surface area (Å²) >= 11 is 12.3. The fourth-order valence-corrected chi connectivity index (χ4v) is 2.97. The lowest BCUT2D eigenvalue weighted by Gasteiger charge is -2.27. The second kappa shape index (κ2) is 6.16. The largest absolute Gasteiger partial charge is 0.383 e. The van der Waals surface area contributed by atoms with Crippen LogP contribution in [0.25, 0.3) is 11.1 Å². The first kappa shape index (κ1) is 15.1. The smallest absolute Gasteiger partial charge is 0.262 e. The fourth-order valence-electron chi connectivity index (χ4n) is 2.38. The van der Waals surface area contributed by atoms with Crippen molar-refractivity contribution in [3.05, 3.63) is 38.6 Å². The summed E-state index contributed by atoms with van der Waals surface area (Å²) in [4.78, 5) is 21.4. The number of anilines is 2. The van der Waals surface area contributed by atoms with E-state index in [0.717, 1.165) is 0 Å². The summed E-state index contributed by atoms with van der Waals surface area (Å²) in [6, 6.07) is 5.00. The molecule has 0 saturated carbocycles. The van der Waals surface area contributed by atoms with Gasteiger partial charge in [-0.2, -0.15) is 4.98 Å². The Morgan fingerprint density at radius 3 is 2.41 bits per heavy atom. The van der Waals surface area contributed by atoms with Gasteiger partial charge < -0.3 is 15.4 Å². The van der Waals surface area contributed by atoms with E-state index in [1.807, 2.05) is 4.90 Å². The van der Waals surface area contributed by atoms with Gasteiger partial charge >= 0.3 is 0 Å². The van der Waals surface area contributed by atoms with Gasteiger partial charge in [-0.1, -0.05) is 29.3 Å². The minimum Gasteiger partial charge on any atom is -0.383 e. The first-order valence-corrected chi connectivity index (χ1v) is 7.50. The zero-order valence-corrected chi connectivity index (χ0v) is 13.1. The molecule has 22 heavy (non-hydrogen) atoms. The Morgan fingerprint density at radius 2 is 1.82 bits per heavy atom. The topological polar surface area (TPSA) is 84.2 Å². The van der Waals surface area contributed by atoms with Gasteiger partial charge in [0, 0.05) is 18.7 Å². The molecule has 116 valence electrons. The molecule has 8 heteroatoms.